The fourth-order valence-electron chi connectivity index (χ4n) is 4.62. The number of carbonyl (C=O) groups excluding carboxylic acids is 2. The Morgan fingerprint density at radius 3 is 1.90 bits per heavy atom. The molecule has 2 amide bonds. The summed E-state index contributed by atoms with van der Waals surface area (Å²) in [7, 11) is -2.61. The predicted octanol–water partition coefficient (Wildman–Crippen LogP) is 5.27. The van der Waals surface area contributed by atoms with Crippen molar-refractivity contribution in [3.63, 3.8) is 0 Å². The molecule has 4 rings (SSSR count). The standard InChI is InChI=1S/C33H35N3O5S/c1-3-31(33(38)34-2)35(24-23-26-13-7-4-8-14-26)32(37)25-36(42(39,40)30-17-11-6-12-18-30)27-19-21-29(22-20-27)41-28-15-9-5-10-16-28/h4-22,31H,3,23-25H2,1-2H3,(H,34,38)/t31-/m1/s1. The summed E-state index contributed by atoms with van der Waals surface area (Å²) in [6.07, 6.45) is 0.883. The smallest absolute Gasteiger partial charge is 0.264 e. The van der Waals surface area contributed by atoms with Gasteiger partial charge in [-0.05, 0) is 66.9 Å². The summed E-state index contributed by atoms with van der Waals surface area (Å²) < 4.78 is 34.8. The second kappa shape index (κ2) is 14.3. The lowest BCUT2D eigenvalue weighted by atomic mass is 10.1. The van der Waals surface area contributed by atoms with E-state index in [4.69, 9.17) is 4.74 Å². The van der Waals surface area contributed by atoms with Crippen LogP contribution in [0.25, 0.3) is 0 Å². The Morgan fingerprint density at radius 1 is 0.786 bits per heavy atom. The van der Waals surface area contributed by atoms with Gasteiger partial charge >= 0.3 is 0 Å². The molecule has 0 unspecified atom stereocenters. The molecular formula is C33H35N3O5S. The fraction of sp³-hybridized carbons (Fsp3) is 0.212. The van der Waals surface area contributed by atoms with Crippen LogP contribution in [0.2, 0.25) is 0 Å². The highest BCUT2D eigenvalue weighted by Gasteiger charge is 2.33. The van der Waals surface area contributed by atoms with Crippen LogP contribution in [0, 0.1) is 0 Å². The molecule has 0 spiro atoms. The first-order chi connectivity index (χ1) is 20.3. The largest absolute Gasteiger partial charge is 0.457 e. The Balaban J connectivity index is 1.67. The number of rotatable bonds is 13. The molecule has 8 nitrogen and oxygen atoms in total. The summed E-state index contributed by atoms with van der Waals surface area (Å²) in [6, 6.07) is 32.6. The quantitative estimate of drug-likeness (QED) is 0.231. The molecule has 0 aliphatic carbocycles. The van der Waals surface area contributed by atoms with Crippen LogP contribution in [-0.4, -0.2) is 51.3 Å². The molecule has 0 fully saturated rings. The van der Waals surface area contributed by atoms with Crippen molar-refractivity contribution >= 4 is 27.5 Å². The van der Waals surface area contributed by atoms with Crippen molar-refractivity contribution in [3.05, 3.63) is 121 Å². The lowest BCUT2D eigenvalue weighted by Crippen LogP contribution is -2.52. The molecule has 0 aliphatic heterocycles. The Bertz CT molecular complexity index is 1550. The third-order valence-electron chi connectivity index (χ3n) is 6.83. The van der Waals surface area contributed by atoms with Crippen LogP contribution < -0.4 is 14.4 Å². The minimum Gasteiger partial charge on any atom is -0.457 e. The minimum absolute atomic E-state index is 0.0524. The first-order valence-electron chi connectivity index (χ1n) is 13.8. The van der Waals surface area contributed by atoms with Crippen molar-refractivity contribution in [2.24, 2.45) is 0 Å². The van der Waals surface area contributed by atoms with Gasteiger partial charge in [0.1, 0.15) is 24.1 Å². The van der Waals surface area contributed by atoms with Crippen LogP contribution >= 0.6 is 0 Å². The predicted molar refractivity (Wildman–Crippen MR) is 164 cm³/mol. The van der Waals surface area contributed by atoms with Gasteiger partial charge in [-0.3, -0.25) is 13.9 Å². The second-order valence-electron chi connectivity index (χ2n) is 9.59. The van der Waals surface area contributed by atoms with Gasteiger partial charge in [0.25, 0.3) is 10.0 Å². The van der Waals surface area contributed by atoms with E-state index in [0.717, 1.165) is 9.87 Å². The SMILES string of the molecule is CC[C@H](C(=O)NC)N(CCc1ccccc1)C(=O)CN(c1ccc(Oc2ccccc2)cc1)S(=O)(=O)c1ccccc1. The number of nitrogens with one attached hydrogen (secondary N) is 1. The van der Waals surface area contributed by atoms with Crippen molar-refractivity contribution < 1.29 is 22.7 Å². The van der Waals surface area contributed by atoms with Gasteiger partial charge in [0.15, 0.2) is 0 Å². The monoisotopic (exact) mass is 585 g/mol. The maximum absolute atomic E-state index is 14.0. The van der Waals surface area contributed by atoms with Gasteiger partial charge in [0, 0.05) is 13.6 Å². The number of para-hydroxylation sites is 1. The van der Waals surface area contributed by atoms with Gasteiger partial charge in [-0.1, -0.05) is 73.7 Å². The fourth-order valence-corrected chi connectivity index (χ4v) is 6.05. The molecule has 0 radical (unpaired) electrons. The van der Waals surface area contributed by atoms with Gasteiger partial charge < -0.3 is 15.0 Å². The third kappa shape index (κ3) is 7.55. The maximum atomic E-state index is 14.0. The van der Waals surface area contributed by atoms with E-state index in [1.165, 1.54) is 24.1 Å². The number of amides is 2. The van der Waals surface area contributed by atoms with Crippen LogP contribution in [0.4, 0.5) is 5.69 Å². The topological polar surface area (TPSA) is 96.0 Å². The van der Waals surface area contributed by atoms with Crippen LogP contribution in [0.1, 0.15) is 18.9 Å². The molecule has 0 saturated heterocycles. The number of carbonyl (C=O) groups is 2. The molecular weight excluding hydrogens is 550 g/mol. The highest BCUT2D eigenvalue weighted by Crippen LogP contribution is 2.28. The van der Waals surface area contributed by atoms with Gasteiger partial charge in [0.2, 0.25) is 11.8 Å². The molecule has 42 heavy (non-hydrogen) atoms. The zero-order valence-corrected chi connectivity index (χ0v) is 24.5. The molecule has 9 heteroatoms. The third-order valence-corrected chi connectivity index (χ3v) is 8.62. The Labute approximate surface area is 247 Å². The number of benzene rings is 4. The first kappa shape index (κ1) is 30.3. The lowest BCUT2D eigenvalue weighted by molar-refractivity contribution is -0.139. The first-order valence-corrected chi connectivity index (χ1v) is 15.2. The summed E-state index contributed by atoms with van der Waals surface area (Å²) in [5.41, 5.74) is 1.30. The van der Waals surface area contributed by atoms with E-state index in [-0.39, 0.29) is 17.3 Å². The summed E-state index contributed by atoms with van der Waals surface area (Å²) in [6.45, 7) is 1.59. The van der Waals surface area contributed by atoms with Gasteiger partial charge in [-0.25, -0.2) is 8.42 Å². The van der Waals surface area contributed by atoms with Gasteiger partial charge in [-0.2, -0.15) is 0 Å². The molecule has 0 bridgehead atoms. The molecule has 4 aromatic rings. The molecule has 1 N–H and O–H groups in total. The summed E-state index contributed by atoms with van der Waals surface area (Å²) in [4.78, 5) is 28.3. The van der Waals surface area contributed by atoms with E-state index in [2.05, 4.69) is 5.32 Å². The highest BCUT2D eigenvalue weighted by atomic mass is 32.2. The van der Waals surface area contributed by atoms with Gasteiger partial charge in [-0.15, -0.1) is 0 Å². The van der Waals surface area contributed by atoms with Crippen LogP contribution in [-0.2, 0) is 26.0 Å². The number of sulfonamides is 1. The average Bonchev–Trinajstić information content (AvgIpc) is 3.03. The van der Waals surface area contributed by atoms with Gasteiger partial charge in [0.05, 0.1) is 10.6 Å². The van der Waals surface area contributed by atoms with E-state index in [0.29, 0.717) is 30.0 Å². The van der Waals surface area contributed by atoms with Crippen LogP contribution in [0.15, 0.2) is 120 Å². The molecule has 0 saturated carbocycles. The van der Waals surface area contributed by atoms with E-state index in [9.17, 15) is 18.0 Å². The average molecular weight is 586 g/mol. The number of hydrogen-bond acceptors (Lipinski definition) is 5. The summed E-state index contributed by atoms with van der Waals surface area (Å²) >= 11 is 0. The molecule has 4 aromatic carbocycles. The van der Waals surface area contributed by atoms with E-state index in [1.54, 1.807) is 42.5 Å². The summed E-state index contributed by atoms with van der Waals surface area (Å²) in [5.74, 6) is 0.371. The number of anilines is 1. The second-order valence-corrected chi connectivity index (χ2v) is 11.5. The Morgan fingerprint density at radius 2 is 1.33 bits per heavy atom. The van der Waals surface area contributed by atoms with E-state index >= 15 is 0 Å². The normalized spacial score (nSPS) is 11.8. The number of likely N-dealkylation sites (N-methyl/N-ethyl adjacent to an activating group) is 1. The number of ether oxygens (including phenoxy) is 1. The van der Waals surface area contributed by atoms with E-state index in [1.807, 2.05) is 67.6 Å². The zero-order valence-electron chi connectivity index (χ0n) is 23.7. The van der Waals surface area contributed by atoms with Crippen LogP contribution in [0.5, 0.6) is 11.5 Å². The van der Waals surface area contributed by atoms with Crippen molar-refractivity contribution in [1.82, 2.24) is 10.2 Å². The highest BCUT2D eigenvalue weighted by molar-refractivity contribution is 7.92. The van der Waals surface area contributed by atoms with E-state index < -0.39 is 28.5 Å². The van der Waals surface area contributed by atoms with Crippen molar-refractivity contribution in [2.75, 3.05) is 24.4 Å². The molecule has 0 heterocycles. The van der Waals surface area contributed by atoms with Crippen molar-refractivity contribution in [1.29, 1.82) is 0 Å². The Kier molecular flexibility index (Phi) is 10.3. The minimum atomic E-state index is -4.14. The molecule has 1 atom stereocenters. The molecule has 0 aliphatic rings. The number of hydrogen-bond donors (Lipinski definition) is 1. The molecule has 218 valence electrons. The van der Waals surface area contributed by atoms with Crippen LogP contribution in [0.3, 0.4) is 0 Å². The number of nitrogens with zero attached hydrogens (tertiary/aromatic N) is 2. The summed E-state index contributed by atoms with van der Waals surface area (Å²) in [5, 5.41) is 2.64. The maximum Gasteiger partial charge on any atom is 0.264 e. The Hall–Kier alpha value is -4.63. The lowest BCUT2D eigenvalue weighted by Gasteiger charge is -2.33. The van der Waals surface area contributed by atoms with Crippen molar-refractivity contribution in [3.8, 4) is 11.5 Å². The molecule has 0 aromatic heterocycles. The van der Waals surface area contributed by atoms with Crippen molar-refractivity contribution in [2.45, 2.75) is 30.7 Å². The zero-order chi connectivity index (χ0) is 30.0.